The molecule has 0 atom stereocenters. The highest BCUT2D eigenvalue weighted by atomic mass is 35.5. The van der Waals surface area contributed by atoms with Gasteiger partial charge in [0.1, 0.15) is 5.56 Å². The van der Waals surface area contributed by atoms with E-state index >= 15 is 0 Å². The van der Waals surface area contributed by atoms with Gasteiger partial charge in [0.05, 0.1) is 11.2 Å². The van der Waals surface area contributed by atoms with E-state index in [9.17, 15) is 14.7 Å². The zero-order valence-electron chi connectivity index (χ0n) is 13.0. The highest BCUT2D eigenvalue weighted by Crippen LogP contribution is 2.31. The van der Waals surface area contributed by atoms with E-state index in [4.69, 9.17) is 23.2 Å². The Hall–Kier alpha value is -2.63. The number of aryl methyl sites for hydroxylation is 1. The molecule has 0 bridgehead atoms. The van der Waals surface area contributed by atoms with Gasteiger partial charge in [-0.05, 0) is 48.9 Å². The van der Waals surface area contributed by atoms with Gasteiger partial charge in [-0.3, -0.25) is 9.78 Å². The molecule has 0 unspecified atom stereocenters. The molecule has 0 fully saturated rings. The van der Waals surface area contributed by atoms with Crippen LogP contribution in [-0.2, 0) is 0 Å². The van der Waals surface area contributed by atoms with Crippen molar-refractivity contribution < 1.29 is 14.7 Å². The predicted molar refractivity (Wildman–Crippen MR) is 97.9 cm³/mol. The first-order chi connectivity index (χ1) is 11.9. The van der Waals surface area contributed by atoms with Crippen LogP contribution in [0.5, 0.6) is 0 Å². The van der Waals surface area contributed by atoms with Crippen LogP contribution in [0.15, 0.2) is 42.6 Å². The van der Waals surface area contributed by atoms with Gasteiger partial charge >= 0.3 is 5.97 Å². The van der Waals surface area contributed by atoms with Crippen LogP contribution in [-0.4, -0.2) is 22.0 Å². The van der Waals surface area contributed by atoms with Gasteiger partial charge in [-0.15, -0.1) is 0 Å². The number of pyridine rings is 1. The maximum Gasteiger partial charge on any atom is 0.339 e. The van der Waals surface area contributed by atoms with Gasteiger partial charge in [-0.2, -0.15) is 0 Å². The molecule has 2 aromatic carbocycles. The molecule has 25 heavy (non-hydrogen) atoms. The molecule has 3 rings (SSSR count). The van der Waals surface area contributed by atoms with E-state index in [1.165, 1.54) is 6.20 Å². The Bertz CT molecular complexity index is 1000. The number of amides is 1. The second-order valence-corrected chi connectivity index (χ2v) is 6.23. The molecule has 0 saturated carbocycles. The van der Waals surface area contributed by atoms with Gasteiger partial charge in [-0.1, -0.05) is 23.2 Å². The molecule has 1 amide bonds. The Balaban J connectivity index is 2.14. The largest absolute Gasteiger partial charge is 0.478 e. The number of carbonyl (C=O) groups excluding carboxylic acids is 1. The summed E-state index contributed by atoms with van der Waals surface area (Å²) in [7, 11) is 0. The summed E-state index contributed by atoms with van der Waals surface area (Å²) in [4.78, 5) is 28.2. The van der Waals surface area contributed by atoms with E-state index in [0.717, 1.165) is 0 Å². The number of carbonyl (C=O) groups is 2. The lowest BCUT2D eigenvalue weighted by Gasteiger charge is -2.13. The summed E-state index contributed by atoms with van der Waals surface area (Å²) in [5, 5.41) is 13.6. The van der Waals surface area contributed by atoms with Gasteiger partial charge in [0.25, 0.3) is 5.91 Å². The Kier molecular flexibility index (Phi) is 4.61. The van der Waals surface area contributed by atoms with E-state index in [1.54, 1.807) is 43.3 Å². The van der Waals surface area contributed by atoms with Crippen LogP contribution in [0.3, 0.4) is 0 Å². The maximum absolute atomic E-state index is 12.5. The summed E-state index contributed by atoms with van der Waals surface area (Å²) >= 11 is 11.9. The van der Waals surface area contributed by atoms with Crippen LogP contribution in [0.2, 0.25) is 10.0 Å². The Morgan fingerprint density at radius 1 is 1.08 bits per heavy atom. The lowest BCUT2D eigenvalue weighted by atomic mass is 10.1. The maximum atomic E-state index is 12.5. The van der Waals surface area contributed by atoms with Crippen LogP contribution in [0.4, 0.5) is 5.69 Å². The molecular weight excluding hydrogens is 363 g/mol. The number of nitrogens with zero attached hydrogens (tertiary/aromatic N) is 1. The molecule has 7 heteroatoms. The normalized spacial score (nSPS) is 10.7. The number of nitrogens with one attached hydrogen (secondary N) is 1. The first-order valence-corrected chi connectivity index (χ1v) is 8.02. The fraction of sp³-hybridized carbons (Fsp3) is 0.0556. The molecule has 3 aromatic rings. The zero-order valence-corrected chi connectivity index (χ0v) is 14.5. The van der Waals surface area contributed by atoms with Crippen molar-refractivity contribution in [2.24, 2.45) is 0 Å². The number of benzene rings is 2. The summed E-state index contributed by atoms with van der Waals surface area (Å²) < 4.78 is 0. The van der Waals surface area contributed by atoms with Gasteiger partial charge in [-0.25, -0.2) is 4.79 Å². The Morgan fingerprint density at radius 3 is 2.40 bits per heavy atom. The van der Waals surface area contributed by atoms with Crippen molar-refractivity contribution in [3.05, 3.63) is 69.3 Å². The van der Waals surface area contributed by atoms with Crippen molar-refractivity contribution in [1.29, 1.82) is 0 Å². The molecule has 1 aromatic heterocycles. The van der Waals surface area contributed by atoms with Crippen LogP contribution < -0.4 is 5.32 Å². The van der Waals surface area contributed by atoms with Gasteiger partial charge < -0.3 is 10.4 Å². The molecule has 0 aliphatic heterocycles. The molecule has 5 nitrogen and oxygen atoms in total. The first-order valence-electron chi connectivity index (χ1n) is 7.26. The quantitative estimate of drug-likeness (QED) is 0.689. The van der Waals surface area contributed by atoms with Crippen LogP contribution >= 0.6 is 23.2 Å². The van der Waals surface area contributed by atoms with Crippen molar-refractivity contribution in [1.82, 2.24) is 4.98 Å². The number of carboxylic acid groups (broad SMARTS) is 1. The molecule has 1 heterocycles. The summed E-state index contributed by atoms with van der Waals surface area (Å²) in [6, 6.07) is 9.57. The number of aromatic nitrogens is 1. The summed E-state index contributed by atoms with van der Waals surface area (Å²) in [6.45, 7) is 1.78. The molecule has 0 spiro atoms. The number of carboxylic acids is 1. The minimum atomic E-state index is -1.19. The molecule has 0 aliphatic rings. The highest BCUT2D eigenvalue weighted by molar-refractivity contribution is 6.32. The summed E-state index contributed by atoms with van der Waals surface area (Å²) in [6.07, 6.45) is 1.21. The van der Waals surface area contributed by atoms with Crippen LogP contribution in [0, 0.1) is 6.92 Å². The number of hydrogen-bond acceptors (Lipinski definition) is 3. The summed E-state index contributed by atoms with van der Waals surface area (Å²) in [5.74, 6) is -1.63. The molecule has 0 saturated heterocycles. The fourth-order valence-corrected chi connectivity index (χ4v) is 2.74. The van der Waals surface area contributed by atoms with Crippen molar-refractivity contribution in [3.8, 4) is 0 Å². The van der Waals surface area contributed by atoms with E-state index in [1.807, 2.05) is 0 Å². The highest BCUT2D eigenvalue weighted by Gasteiger charge is 2.19. The van der Waals surface area contributed by atoms with Crippen LogP contribution in [0.1, 0.15) is 26.3 Å². The lowest BCUT2D eigenvalue weighted by molar-refractivity contribution is 0.0698. The Labute approximate surface area is 153 Å². The second kappa shape index (κ2) is 6.70. The van der Waals surface area contributed by atoms with Gasteiger partial charge in [0, 0.05) is 27.2 Å². The molecule has 2 N–H and O–H groups in total. The van der Waals surface area contributed by atoms with E-state index in [0.29, 0.717) is 32.1 Å². The summed E-state index contributed by atoms with van der Waals surface area (Å²) in [5.41, 5.74) is 1.67. The zero-order chi connectivity index (χ0) is 18.1. The average Bonchev–Trinajstić information content (AvgIpc) is 2.58. The smallest absolute Gasteiger partial charge is 0.339 e. The molecule has 0 radical (unpaired) electrons. The van der Waals surface area contributed by atoms with Crippen molar-refractivity contribution in [2.45, 2.75) is 6.92 Å². The minimum Gasteiger partial charge on any atom is -0.478 e. The van der Waals surface area contributed by atoms with Crippen molar-refractivity contribution in [2.75, 3.05) is 5.32 Å². The third kappa shape index (κ3) is 3.29. The third-order valence-electron chi connectivity index (χ3n) is 3.80. The predicted octanol–water partition coefficient (Wildman–Crippen LogP) is 4.80. The topological polar surface area (TPSA) is 79.3 Å². The number of fused-ring (bicyclic) bond motifs is 1. The SMILES string of the molecule is Cc1c(Cl)ccc2c(NC(=O)c3ccc(Cl)cc3)c(C(=O)O)cnc12. The number of halogens is 2. The lowest BCUT2D eigenvalue weighted by Crippen LogP contribution is -2.15. The fourth-order valence-electron chi connectivity index (χ4n) is 2.47. The average molecular weight is 375 g/mol. The minimum absolute atomic E-state index is 0.100. The van der Waals surface area contributed by atoms with Crippen molar-refractivity contribution >= 4 is 51.7 Å². The number of aromatic carboxylic acids is 1. The standard InChI is InChI=1S/C18H12Cl2N2O3/c1-9-14(20)7-6-12-15(9)21-8-13(18(24)25)16(12)22-17(23)10-2-4-11(19)5-3-10/h2-8H,1H3,(H,24,25)(H,21,22,23). The first kappa shape index (κ1) is 17.2. The second-order valence-electron chi connectivity index (χ2n) is 5.38. The van der Waals surface area contributed by atoms with E-state index < -0.39 is 11.9 Å². The van der Waals surface area contributed by atoms with E-state index in [-0.39, 0.29) is 11.3 Å². The number of rotatable bonds is 3. The monoisotopic (exact) mass is 374 g/mol. The molecule has 0 aliphatic carbocycles. The molecule has 126 valence electrons. The van der Waals surface area contributed by atoms with Gasteiger partial charge in [0.2, 0.25) is 0 Å². The van der Waals surface area contributed by atoms with Crippen molar-refractivity contribution in [3.63, 3.8) is 0 Å². The van der Waals surface area contributed by atoms with Gasteiger partial charge in [0.15, 0.2) is 0 Å². The van der Waals surface area contributed by atoms with E-state index in [2.05, 4.69) is 10.3 Å². The number of hydrogen-bond donors (Lipinski definition) is 2. The van der Waals surface area contributed by atoms with Crippen LogP contribution in [0.25, 0.3) is 10.9 Å². The third-order valence-corrected chi connectivity index (χ3v) is 4.46. The molecular formula is C18H12Cl2N2O3. The number of anilines is 1. The Morgan fingerprint density at radius 2 is 1.76 bits per heavy atom.